The van der Waals surface area contributed by atoms with Gasteiger partial charge in [-0.1, -0.05) is 60.6 Å². The number of sulfonamides is 1. The van der Waals surface area contributed by atoms with Crippen molar-refractivity contribution >= 4 is 37.8 Å². The minimum Gasteiger partial charge on any atom is -0.300 e. The van der Waals surface area contributed by atoms with Crippen LogP contribution in [-0.4, -0.2) is 79.7 Å². The first-order valence-corrected chi connectivity index (χ1v) is 14.4. The second-order valence-corrected chi connectivity index (χ2v) is 12.6. The normalized spacial score (nSPS) is 11.1. The topological polar surface area (TPSA) is 201 Å². The van der Waals surface area contributed by atoms with E-state index in [2.05, 4.69) is 20.6 Å². The van der Waals surface area contributed by atoms with E-state index >= 15 is 0 Å². The summed E-state index contributed by atoms with van der Waals surface area (Å²) < 4.78 is 47.6. The molecule has 0 atom stereocenters. The minimum atomic E-state index is -3.61. The van der Waals surface area contributed by atoms with E-state index in [1.54, 1.807) is 34.6 Å². The molecule has 0 aliphatic heterocycles. The fourth-order valence-electron chi connectivity index (χ4n) is 1.05. The standard InChI is InChI=1S/C6H14N2O3S.C5H11NO3S.C5H10O.C4H8N4/c1-5(2)6(9)7-12(10,11)8(3)4;1-4(2)5(7)6-10(3,8)9;1-4(2)5(3)6;1-3(2)4-5-7-8-6-4/h5H,1-4H3,(H,7,9);4H,1-3H3,(H,6,7);4H,1-3H3;3H,1-2H3,(H,5,6,7,8). The molecule has 1 heterocycles. The van der Waals surface area contributed by atoms with Crippen molar-refractivity contribution in [2.24, 2.45) is 17.8 Å². The van der Waals surface area contributed by atoms with Gasteiger partial charge in [-0.3, -0.25) is 19.1 Å². The molecule has 36 heavy (non-hydrogen) atoms. The molecule has 0 saturated heterocycles. The molecule has 2 amide bonds. The molecule has 0 radical (unpaired) electrons. The van der Waals surface area contributed by atoms with E-state index in [0.29, 0.717) is 5.92 Å². The second-order valence-electron chi connectivity index (χ2n) is 8.99. The molecule has 0 unspecified atom stereocenters. The fraction of sp³-hybridized carbons (Fsp3) is 0.800. The molecule has 0 spiro atoms. The predicted molar refractivity (Wildman–Crippen MR) is 137 cm³/mol. The zero-order valence-corrected chi connectivity index (χ0v) is 24.9. The molecular weight excluding hydrogens is 514 g/mol. The molecule has 16 heteroatoms. The maximum atomic E-state index is 11.0. The molecular formula is C20H43N7O7S2. The smallest absolute Gasteiger partial charge is 0.300 e. The monoisotopic (exact) mass is 557 g/mol. The highest BCUT2D eigenvalue weighted by molar-refractivity contribution is 7.89. The highest BCUT2D eigenvalue weighted by atomic mass is 32.2. The summed E-state index contributed by atoms with van der Waals surface area (Å²) in [5.74, 6) is 0.0133. The van der Waals surface area contributed by atoms with Crippen LogP contribution >= 0.6 is 0 Å². The Morgan fingerprint density at radius 2 is 1.19 bits per heavy atom. The molecule has 1 aromatic rings. The Hall–Kier alpha value is -2.46. The van der Waals surface area contributed by atoms with Crippen molar-refractivity contribution in [3.05, 3.63) is 5.82 Å². The van der Waals surface area contributed by atoms with Gasteiger partial charge in [0.05, 0.1) is 6.26 Å². The van der Waals surface area contributed by atoms with Crippen LogP contribution < -0.4 is 9.44 Å². The summed E-state index contributed by atoms with van der Waals surface area (Å²) in [4.78, 5) is 31.8. The Bertz CT molecular complexity index is 988. The lowest BCUT2D eigenvalue weighted by Crippen LogP contribution is -2.41. The number of aromatic amines is 1. The zero-order chi connectivity index (χ0) is 29.4. The molecule has 1 rings (SSSR count). The number of aromatic nitrogens is 4. The van der Waals surface area contributed by atoms with Gasteiger partial charge in [0, 0.05) is 37.8 Å². The van der Waals surface area contributed by atoms with Crippen molar-refractivity contribution in [1.82, 2.24) is 34.4 Å². The van der Waals surface area contributed by atoms with Crippen LogP contribution in [-0.2, 0) is 34.6 Å². The third-order valence-electron chi connectivity index (χ3n) is 3.74. The number of nitrogens with one attached hydrogen (secondary N) is 3. The van der Waals surface area contributed by atoms with Crippen molar-refractivity contribution in [2.45, 2.75) is 68.2 Å². The number of hydrogen-bond donors (Lipinski definition) is 3. The lowest BCUT2D eigenvalue weighted by Gasteiger charge is -2.13. The van der Waals surface area contributed by atoms with Gasteiger partial charge in [0.25, 0.3) is 0 Å². The van der Waals surface area contributed by atoms with Crippen molar-refractivity contribution < 1.29 is 31.2 Å². The number of carbonyl (C=O) groups is 3. The summed E-state index contributed by atoms with van der Waals surface area (Å²) in [6.45, 7) is 15.9. The Morgan fingerprint density at radius 1 is 0.806 bits per heavy atom. The van der Waals surface area contributed by atoms with E-state index < -0.39 is 32.0 Å². The van der Waals surface area contributed by atoms with Gasteiger partial charge in [-0.15, -0.1) is 10.2 Å². The summed E-state index contributed by atoms with van der Waals surface area (Å²) in [7, 11) is -4.26. The maximum absolute atomic E-state index is 11.0. The number of amides is 2. The lowest BCUT2D eigenvalue weighted by atomic mass is 10.1. The van der Waals surface area contributed by atoms with Crippen LogP contribution in [0.1, 0.15) is 74.1 Å². The highest BCUT2D eigenvalue weighted by Gasteiger charge is 2.18. The van der Waals surface area contributed by atoms with Crippen LogP contribution in [0, 0.1) is 17.8 Å². The van der Waals surface area contributed by atoms with E-state index in [9.17, 15) is 31.2 Å². The number of H-pyrrole nitrogens is 1. The van der Waals surface area contributed by atoms with Crippen LogP contribution in [0.2, 0.25) is 0 Å². The van der Waals surface area contributed by atoms with E-state index in [1.165, 1.54) is 14.1 Å². The van der Waals surface area contributed by atoms with Crippen molar-refractivity contribution in [3.63, 3.8) is 0 Å². The molecule has 212 valence electrons. The van der Waals surface area contributed by atoms with Gasteiger partial charge in [0.2, 0.25) is 21.8 Å². The number of rotatable bonds is 7. The van der Waals surface area contributed by atoms with Gasteiger partial charge in [-0.2, -0.15) is 17.9 Å². The summed E-state index contributed by atoms with van der Waals surface area (Å²) in [6, 6.07) is 0. The zero-order valence-electron chi connectivity index (χ0n) is 23.3. The largest absolute Gasteiger partial charge is 0.303 e. The van der Waals surface area contributed by atoms with Crippen LogP contribution in [0.15, 0.2) is 0 Å². The molecule has 0 saturated carbocycles. The quantitative estimate of drug-likeness (QED) is 0.431. The minimum absolute atomic E-state index is 0.213. The Kier molecular flexibility index (Phi) is 18.9. The Balaban J connectivity index is -0.000000415. The number of tetrazole rings is 1. The van der Waals surface area contributed by atoms with E-state index in [4.69, 9.17) is 0 Å². The average Bonchev–Trinajstić information content (AvgIpc) is 3.22. The second kappa shape index (κ2) is 17.9. The molecule has 14 nitrogen and oxygen atoms in total. The Labute approximate surface area is 215 Å². The van der Waals surface area contributed by atoms with E-state index in [-0.39, 0.29) is 23.5 Å². The molecule has 0 fully saturated rings. The molecule has 3 N–H and O–H groups in total. The summed E-state index contributed by atoms with van der Waals surface area (Å²) in [6.07, 6.45) is 0.952. The number of hydrogen-bond acceptors (Lipinski definition) is 10. The Morgan fingerprint density at radius 3 is 1.36 bits per heavy atom. The molecule has 0 bridgehead atoms. The number of nitrogens with zero attached hydrogens (tertiary/aromatic N) is 4. The summed E-state index contributed by atoms with van der Waals surface area (Å²) in [5.41, 5.74) is 0. The SMILES string of the molecule is CC(=O)C(C)C.CC(C)C(=O)NS(=O)(=O)N(C)C.CC(C)C(=O)NS(C)(=O)=O.CC(C)c1nn[nH]n1. The van der Waals surface area contributed by atoms with E-state index in [0.717, 1.165) is 16.4 Å². The summed E-state index contributed by atoms with van der Waals surface area (Å²) >= 11 is 0. The van der Waals surface area contributed by atoms with E-state index in [1.807, 2.05) is 37.1 Å². The lowest BCUT2D eigenvalue weighted by molar-refractivity contribution is -0.123. The number of ketones is 1. The molecule has 0 aliphatic rings. The number of carbonyl (C=O) groups excluding carboxylic acids is 3. The van der Waals surface area contributed by atoms with Gasteiger partial charge in [0.1, 0.15) is 5.78 Å². The van der Waals surface area contributed by atoms with Crippen molar-refractivity contribution in [1.29, 1.82) is 0 Å². The van der Waals surface area contributed by atoms with Crippen molar-refractivity contribution in [2.75, 3.05) is 20.4 Å². The van der Waals surface area contributed by atoms with Gasteiger partial charge in [-0.05, 0) is 6.92 Å². The highest BCUT2D eigenvalue weighted by Crippen LogP contribution is 2.03. The van der Waals surface area contributed by atoms with Gasteiger partial charge in [-0.25, -0.2) is 13.1 Å². The first kappa shape index (κ1) is 38.1. The third-order valence-corrected chi connectivity index (χ3v) is 5.73. The maximum Gasteiger partial charge on any atom is 0.303 e. The number of Topliss-reactive ketones (excluding diaryl/α,β-unsaturated/α-hetero) is 1. The summed E-state index contributed by atoms with van der Waals surface area (Å²) in [5, 5.41) is 13.3. The van der Waals surface area contributed by atoms with Crippen LogP contribution in [0.4, 0.5) is 0 Å². The molecule has 0 aromatic carbocycles. The van der Waals surface area contributed by atoms with Gasteiger partial charge >= 0.3 is 10.2 Å². The first-order valence-electron chi connectivity index (χ1n) is 11.0. The van der Waals surface area contributed by atoms with Gasteiger partial charge in [0.15, 0.2) is 5.82 Å². The fourth-order valence-corrected chi connectivity index (χ4v) is 2.32. The molecule has 1 aromatic heterocycles. The average molecular weight is 558 g/mol. The van der Waals surface area contributed by atoms with Crippen LogP contribution in [0.3, 0.4) is 0 Å². The van der Waals surface area contributed by atoms with Gasteiger partial charge < -0.3 is 0 Å². The predicted octanol–water partition coefficient (Wildman–Crippen LogP) is 0.838. The van der Waals surface area contributed by atoms with Crippen molar-refractivity contribution in [3.8, 4) is 0 Å². The molecule has 0 aliphatic carbocycles. The first-order chi connectivity index (χ1) is 16.0. The third kappa shape index (κ3) is 22.0. The van der Waals surface area contributed by atoms with Crippen LogP contribution in [0.5, 0.6) is 0 Å². The van der Waals surface area contributed by atoms with Crippen LogP contribution in [0.25, 0.3) is 0 Å².